The van der Waals surface area contributed by atoms with Crippen LogP contribution in [-0.2, 0) is 4.79 Å². The van der Waals surface area contributed by atoms with E-state index in [1.165, 1.54) is 16.2 Å². The summed E-state index contributed by atoms with van der Waals surface area (Å²) < 4.78 is 0. The Morgan fingerprint density at radius 3 is 2.48 bits per heavy atom. The second-order valence-corrected chi connectivity index (χ2v) is 8.05. The Kier molecular flexibility index (Phi) is 7.56. The molecule has 0 saturated carbocycles. The molecule has 0 saturated heterocycles. The van der Waals surface area contributed by atoms with E-state index in [0.29, 0.717) is 22.7 Å². The average molecular weight is 436 g/mol. The van der Waals surface area contributed by atoms with Gasteiger partial charge in [0.15, 0.2) is 0 Å². The zero-order chi connectivity index (χ0) is 22.2. The quantitative estimate of drug-likeness (QED) is 0.533. The number of hydrogen-bond donors (Lipinski definition) is 2. The number of carbonyl (C=O) groups excluding carboxylic acids is 3. The van der Waals surface area contributed by atoms with Gasteiger partial charge in [0.25, 0.3) is 11.8 Å². The van der Waals surface area contributed by atoms with Crippen LogP contribution in [-0.4, -0.2) is 35.7 Å². The lowest BCUT2D eigenvalue weighted by Gasteiger charge is -2.22. The molecule has 0 aliphatic carbocycles. The van der Waals surface area contributed by atoms with Crippen LogP contribution in [0.1, 0.15) is 38.9 Å². The van der Waals surface area contributed by atoms with E-state index in [0.717, 1.165) is 17.7 Å². The third-order valence-electron chi connectivity index (χ3n) is 4.65. The molecule has 0 atom stereocenters. The van der Waals surface area contributed by atoms with E-state index in [1.807, 2.05) is 49.6 Å². The minimum absolute atomic E-state index is 0.0488. The first-order valence-corrected chi connectivity index (χ1v) is 11.0. The third kappa shape index (κ3) is 6.02. The average Bonchev–Trinajstić information content (AvgIpc) is 3.30. The lowest BCUT2D eigenvalue weighted by atomic mass is 10.1. The van der Waals surface area contributed by atoms with Crippen molar-refractivity contribution in [2.24, 2.45) is 0 Å². The van der Waals surface area contributed by atoms with Crippen molar-refractivity contribution in [1.29, 1.82) is 0 Å². The summed E-state index contributed by atoms with van der Waals surface area (Å²) in [6.45, 7) is 4.27. The third-order valence-corrected chi connectivity index (χ3v) is 5.52. The summed E-state index contributed by atoms with van der Waals surface area (Å²) >= 11 is 1.35. The molecule has 3 aromatic rings. The largest absolute Gasteiger partial charge is 0.329 e. The van der Waals surface area contributed by atoms with Crippen molar-refractivity contribution < 1.29 is 14.4 Å². The molecule has 160 valence electrons. The molecule has 3 rings (SSSR count). The van der Waals surface area contributed by atoms with Crippen molar-refractivity contribution in [3.8, 4) is 0 Å². The van der Waals surface area contributed by atoms with E-state index in [4.69, 9.17) is 0 Å². The van der Waals surface area contributed by atoms with Crippen LogP contribution in [0.3, 0.4) is 0 Å². The van der Waals surface area contributed by atoms with Crippen LogP contribution in [0.4, 0.5) is 11.4 Å². The second-order valence-electron chi connectivity index (χ2n) is 7.10. The van der Waals surface area contributed by atoms with E-state index in [-0.39, 0.29) is 24.3 Å². The first-order valence-electron chi connectivity index (χ1n) is 10.1. The summed E-state index contributed by atoms with van der Waals surface area (Å²) in [5.41, 5.74) is 2.64. The maximum atomic E-state index is 13.1. The number of benzene rings is 2. The van der Waals surface area contributed by atoms with E-state index in [1.54, 1.807) is 30.3 Å². The van der Waals surface area contributed by atoms with Crippen LogP contribution in [0.15, 0.2) is 66.0 Å². The minimum Gasteiger partial charge on any atom is -0.329 e. The molecular weight excluding hydrogens is 410 g/mol. The zero-order valence-electron chi connectivity index (χ0n) is 17.6. The summed E-state index contributed by atoms with van der Waals surface area (Å²) in [7, 11) is 0. The SMILES string of the molecule is CCCN(CC(=O)Nc1ccccc1C)C(=O)c1cccc(NC(=O)c2cccs2)c1. The van der Waals surface area contributed by atoms with Gasteiger partial charge in [-0.05, 0) is 54.6 Å². The molecule has 0 radical (unpaired) electrons. The fourth-order valence-electron chi connectivity index (χ4n) is 3.11. The van der Waals surface area contributed by atoms with Crippen LogP contribution >= 0.6 is 11.3 Å². The number of amides is 3. The fraction of sp³-hybridized carbons (Fsp3) is 0.208. The van der Waals surface area contributed by atoms with Crippen molar-refractivity contribution in [1.82, 2.24) is 4.90 Å². The van der Waals surface area contributed by atoms with Gasteiger partial charge >= 0.3 is 0 Å². The van der Waals surface area contributed by atoms with Crippen LogP contribution in [0.2, 0.25) is 0 Å². The van der Waals surface area contributed by atoms with Gasteiger partial charge in [0.1, 0.15) is 6.54 Å². The Morgan fingerprint density at radius 1 is 0.968 bits per heavy atom. The molecule has 2 N–H and O–H groups in total. The van der Waals surface area contributed by atoms with Crippen molar-refractivity contribution in [3.05, 3.63) is 82.0 Å². The number of anilines is 2. The molecule has 31 heavy (non-hydrogen) atoms. The minimum atomic E-state index is -0.256. The van der Waals surface area contributed by atoms with E-state index in [9.17, 15) is 14.4 Å². The fourth-order valence-corrected chi connectivity index (χ4v) is 3.73. The van der Waals surface area contributed by atoms with Gasteiger partial charge in [-0.1, -0.05) is 37.3 Å². The monoisotopic (exact) mass is 435 g/mol. The van der Waals surface area contributed by atoms with Crippen molar-refractivity contribution in [2.45, 2.75) is 20.3 Å². The first-order chi connectivity index (χ1) is 15.0. The number of carbonyl (C=O) groups is 3. The highest BCUT2D eigenvalue weighted by Gasteiger charge is 2.19. The van der Waals surface area contributed by atoms with Gasteiger partial charge in [0, 0.05) is 23.5 Å². The zero-order valence-corrected chi connectivity index (χ0v) is 18.4. The van der Waals surface area contributed by atoms with E-state index < -0.39 is 0 Å². The maximum absolute atomic E-state index is 13.1. The Labute approximate surface area is 185 Å². The van der Waals surface area contributed by atoms with E-state index in [2.05, 4.69) is 10.6 Å². The number of aryl methyl sites for hydroxylation is 1. The van der Waals surface area contributed by atoms with Gasteiger partial charge < -0.3 is 15.5 Å². The Balaban J connectivity index is 1.70. The molecule has 0 fully saturated rings. The van der Waals surface area contributed by atoms with Crippen LogP contribution in [0, 0.1) is 6.92 Å². The molecule has 0 aliphatic heterocycles. The van der Waals surface area contributed by atoms with Crippen molar-refractivity contribution >= 4 is 40.4 Å². The molecule has 2 aromatic carbocycles. The van der Waals surface area contributed by atoms with Crippen LogP contribution in [0.25, 0.3) is 0 Å². The summed E-state index contributed by atoms with van der Waals surface area (Å²) in [5, 5.41) is 7.51. The molecular formula is C24H25N3O3S. The molecule has 0 bridgehead atoms. The predicted molar refractivity (Wildman–Crippen MR) is 125 cm³/mol. The molecule has 3 amide bonds. The number of thiophene rings is 1. The second kappa shape index (κ2) is 10.5. The number of nitrogens with one attached hydrogen (secondary N) is 2. The number of para-hydroxylation sites is 1. The standard InChI is InChI=1S/C24H25N3O3S/c1-3-13-27(16-22(28)26-20-11-5-4-8-17(20)2)24(30)18-9-6-10-19(15-18)25-23(29)21-12-7-14-31-21/h4-12,14-15H,3,13,16H2,1-2H3,(H,25,29)(H,26,28). The number of rotatable bonds is 8. The predicted octanol–water partition coefficient (Wildman–Crippen LogP) is 4.80. The number of nitrogens with zero attached hydrogens (tertiary/aromatic N) is 1. The van der Waals surface area contributed by atoms with Crippen LogP contribution < -0.4 is 10.6 Å². The highest BCUT2D eigenvalue weighted by atomic mass is 32.1. The summed E-state index contributed by atoms with van der Waals surface area (Å²) in [4.78, 5) is 40.1. The van der Waals surface area contributed by atoms with Gasteiger partial charge in [0.2, 0.25) is 5.91 Å². The molecule has 6 nitrogen and oxygen atoms in total. The van der Waals surface area contributed by atoms with Gasteiger partial charge in [-0.15, -0.1) is 11.3 Å². The molecule has 0 aliphatic rings. The topological polar surface area (TPSA) is 78.5 Å². The Morgan fingerprint density at radius 2 is 1.77 bits per heavy atom. The first kappa shape index (κ1) is 22.2. The van der Waals surface area contributed by atoms with Crippen molar-refractivity contribution in [2.75, 3.05) is 23.7 Å². The Hall–Kier alpha value is -3.45. The van der Waals surface area contributed by atoms with Crippen molar-refractivity contribution in [3.63, 3.8) is 0 Å². The number of hydrogen-bond acceptors (Lipinski definition) is 4. The highest BCUT2D eigenvalue weighted by Crippen LogP contribution is 2.17. The summed E-state index contributed by atoms with van der Waals surface area (Å²) in [6, 6.07) is 17.8. The van der Waals surface area contributed by atoms with Gasteiger partial charge in [-0.3, -0.25) is 14.4 Å². The molecule has 7 heteroatoms. The van der Waals surface area contributed by atoms with Crippen LogP contribution in [0.5, 0.6) is 0 Å². The molecule has 1 heterocycles. The van der Waals surface area contributed by atoms with E-state index >= 15 is 0 Å². The Bertz CT molecular complexity index is 1060. The van der Waals surface area contributed by atoms with Gasteiger partial charge in [-0.25, -0.2) is 0 Å². The lowest BCUT2D eigenvalue weighted by molar-refractivity contribution is -0.116. The molecule has 0 spiro atoms. The normalized spacial score (nSPS) is 10.4. The molecule has 1 aromatic heterocycles. The summed E-state index contributed by atoms with van der Waals surface area (Å²) in [6.07, 6.45) is 0.720. The maximum Gasteiger partial charge on any atom is 0.265 e. The molecule has 0 unspecified atom stereocenters. The van der Waals surface area contributed by atoms with Gasteiger partial charge in [-0.2, -0.15) is 0 Å². The van der Waals surface area contributed by atoms with Gasteiger partial charge in [0.05, 0.1) is 4.88 Å². The lowest BCUT2D eigenvalue weighted by Crippen LogP contribution is -2.38. The summed E-state index contributed by atoms with van der Waals surface area (Å²) in [5.74, 6) is -0.727. The highest BCUT2D eigenvalue weighted by molar-refractivity contribution is 7.12. The smallest absolute Gasteiger partial charge is 0.265 e.